The lowest BCUT2D eigenvalue weighted by Crippen LogP contribution is -2.42. The van der Waals surface area contributed by atoms with Crippen molar-refractivity contribution in [3.63, 3.8) is 0 Å². The summed E-state index contributed by atoms with van der Waals surface area (Å²) in [4.78, 5) is 31.3. The van der Waals surface area contributed by atoms with Gasteiger partial charge in [-0.15, -0.1) is 0 Å². The number of likely N-dealkylation sites (N-methyl/N-ethyl adjacent to an activating group) is 1. The summed E-state index contributed by atoms with van der Waals surface area (Å²) in [5, 5.41) is 1.94. The van der Waals surface area contributed by atoms with Gasteiger partial charge in [-0.05, 0) is 48.6 Å². The van der Waals surface area contributed by atoms with Gasteiger partial charge in [0.2, 0.25) is 5.91 Å². The largest absolute Gasteiger partial charge is 0.378 e. The average Bonchev–Trinajstić information content (AvgIpc) is 3.30. The number of rotatable bonds is 4. The predicted octanol–water partition coefficient (Wildman–Crippen LogP) is 3.76. The Hall–Kier alpha value is -3.20. The number of benzene rings is 2. The Kier molecular flexibility index (Phi) is 6.12. The maximum Gasteiger partial charge on any atom is 0.281 e. The Morgan fingerprint density at radius 3 is 2.56 bits per heavy atom. The maximum atomic E-state index is 13.4. The number of thiocarbonyl (C=S) groups is 1. The van der Waals surface area contributed by atoms with E-state index in [9.17, 15) is 9.59 Å². The highest BCUT2D eigenvalue weighted by atomic mass is 35.5. The van der Waals surface area contributed by atoms with Crippen LogP contribution in [0.2, 0.25) is 5.02 Å². The first-order chi connectivity index (χ1) is 16.4. The van der Waals surface area contributed by atoms with Gasteiger partial charge in [-0.25, -0.2) is 0 Å². The van der Waals surface area contributed by atoms with Crippen molar-refractivity contribution in [2.75, 3.05) is 38.3 Å². The fourth-order valence-electron chi connectivity index (χ4n) is 4.30. The Bertz CT molecular complexity index is 1310. The number of halogens is 1. The molecule has 34 heavy (non-hydrogen) atoms. The Balaban J connectivity index is 1.49. The molecule has 3 aromatic rings. The number of anilines is 1. The van der Waals surface area contributed by atoms with Gasteiger partial charge in [-0.1, -0.05) is 29.8 Å². The monoisotopic (exact) mass is 494 g/mol. The van der Waals surface area contributed by atoms with E-state index in [0.717, 1.165) is 16.5 Å². The lowest BCUT2D eigenvalue weighted by atomic mass is 10.1. The molecule has 1 aromatic heterocycles. The first kappa shape index (κ1) is 22.6. The lowest BCUT2D eigenvalue weighted by molar-refractivity contribution is -0.135. The van der Waals surface area contributed by atoms with Gasteiger partial charge in [0.05, 0.1) is 18.9 Å². The van der Waals surface area contributed by atoms with Crippen molar-refractivity contribution in [3.8, 4) is 0 Å². The highest BCUT2D eigenvalue weighted by molar-refractivity contribution is 7.80. The Morgan fingerprint density at radius 2 is 1.82 bits per heavy atom. The van der Waals surface area contributed by atoms with Crippen molar-refractivity contribution >= 4 is 63.4 Å². The summed E-state index contributed by atoms with van der Waals surface area (Å²) in [6, 6.07) is 14.9. The predicted molar refractivity (Wildman–Crippen MR) is 137 cm³/mol. The Morgan fingerprint density at radius 1 is 1.12 bits per heavy atom. The van der Waals surface area contributed by atoms with E-state index in [-0.39, 0.29) is 18.4 Å². The van der Waals surface area contributed by atoms with Crippen LogP contribution < -0.4 is 4.90 Å². The van der Waals surface area contributed by atoms with Crippen LogP contribution in [0.25, 0.3) is 17.0 Å². The molecule has 0 atom stereocenters. The second-order valence-electron chi connectivity index (χ2n) is 8.21. The van der Waals surface area contributed by atoms with Crippen LogP contribution in [0.4, 0.5) is 5.69 Å². The number of hydrogen-bond donors (Lipinski definition) is 0. The lowest BCUT2D eigenvalue weighted by Gasteiger charge is -2.27. The molecule has 0 aliphatic carbocycles. The van der Waals surface area contributed by atoms with Crippen LogP contribution in [0, 0.1) is 0 Å². The number of carbonyl (C=O) groups excluding carboxylic acids is 2. The van der Waals surface area contributed by atoms with E-state index in [4.69, 9.17) is 28.6 Å². The highest BCUT2D eigenvalue weighted by Crippen LogP contribution is 2.31. The number of hydrogen-bond acceptors (Lipinski definition) is 4. The molecule has 0 bridgehead atoms. The van der Waals surface area contributed by atoms with E-state index in [0.29, 0.717) is 47.8 Å². The van der Waals surface area contributed by atoms with Gasteiger partial charge in [0.15, 0.2) is 5.11 Å². The van der Waals surface area contributed by atoms with E-state index >= 15 is 0 Å². The molecule has 0 radical (unpaired) electrons. The van der Waals surface area contributed by atoms with Crippen LogP contribution in [0.1, 0.15) is 5.56 Å². The topological polar surface area (TPSA) is 58.0 Å². The normalized spacial score (nSPS) is 17.9. The van der Waals surface area contributed by atoms with Crippen molar-refractivity contribution in [1.82, 2.24) is 14.4 Å². The molecule has 0 saturated carbocycles. The molecule has 0 unspecified atom stereocenters. The molecule has 2 saturated heterocycles. The zero-order chi connectivity index (χ0) is 23.8. The zero-order valence-electron chi connectivity index (χ0n) is 18.6. The molecule has 0 N–H and O–H groups in total. The van der Waals surface area contributed by atoms with Gasteiger partial charge in [0.1, 0.15) is 12.2 Å². The summed E-state index contributed by atoms with van der Waals surface area (Å²) in [6.07, 6.45) is 3.76. The third-order valence-electron chi connectivity index (χ3n) is 6.13. The maximum absolute atomic E-state index is 13.4. The van der Waals surface area contributed by atoms with Crippen molar-refractivity contribution in [3.05, 3.63) is 71.0 Å². The first-order valence-electron chi connectivity index (χ1n) is 11.0. The summed E-state index contributed by atoms with van der Waals surface area (Å²) in [6.45, 7) is 2.56. The molecule has 2 aliphatic rings. The summed E-state index contributed by atoms with van der Waals surface area (Å²) in [7, 11) is 1.78. The molecule has 7 nitrogen and oxygen atoms in total. The number of ether oxygens (including phenoxy) is 1. The van der Waals surface area contributed by atoms with Gasteiger partial charge in [0, 0.05) is 47.8 Å². The third-order valence-corrected chi connectivity index (χ3v) is 6.84. The van der Waals surface area contributed by atoms with Gasteiger partial charge in [-0.3, -0.25) is 14.5 Å². The van der Waals surface area contributed by atoms with E-state index in [1.807, 2.05) is 46.0 Å². The second kappa shape index (κ2) is 9.21. The van der Waals surface area contributed by atoms with Crippen LogP contribution in [0.3, 0.4) is 0 Å². The number of nitrogens with zero attached hydrogens (tertiary/aromatic N) is 4. The zero-order valence-corrected chi connectivity index (χ0v) is 20.2. The number of para-hydroxylation sites is 1. The fourth-order valence-corrected chi connectivity index (χ4v) is 4.71. The summed E-state index contributed by atoms with van der Waals surface area (Å²) >= 11 is 11.6. The first-order valence-corrected chi connectivity index (χ1v) is 11.8. The SMILES string of the molecule is CN1C(=S)N(c2ccc(Cl)cc2)C(=O)/C1=C/c1cn(CC(=O)N2CCOCC2)c2ccccc12. The minimum atomic E-state index is -0.212. The minimum Gasteiger partial charge on any atom is -0.378 e. The average molecular weight is 495 g/mol. The van der Waals surface area contributed by atoms with Gasteiger partial charge in [0.25, 0.3) is 5.91 Å². The molecule has 5 rings (SSSR count). The summed E-state index contributed by atoms with van der Waals surface area (Å²) < 4.78 is 7.30. The minimum absolute atomic E-state index is 0.0485. The highest BCUT2D eigenvalue weighted by Gasteiger charge is 2.37. The van der Waals surface area contributed by atoms with Crippen molar-refractivity contribution in [2.45, 2.75) is 6.54 Å². The molecular formula is C25H23ClN4O3S. The molecule has 174 valence electrons. The van der Waals surface area contributed by atoms with E-state index in [2.05, 4.69) is 0 Å². The molecule has 2 fully saturated rings. The van der Waals surface area contributed by atoms with E-state index in [1.165, 1.54) is 4.90 Å². The van der Waals surface area contributed by atoms with Crippen molar-refractivity contribution in [2.24, 2.45) is 0 Å². The van der Waals surface area contributed by atoms with Crippen LogP contribution >= 0.6 is 23.8 Å². The summed E-state index contributed by atoms with van der Waals surface area (Å²) in [5.41, 5.74) is 2.90. The van der Waals surface area contributed by atoms with Gasteiger partial charge < -0.3 is 19.1 Å². The van der Waals surface area contributed by atoms with Crippen LogP contribution in [-0.4, -0.2) is 64.6 Å². The molecule has 9 heteroatoms. The van der Waals surface area contributed by atoms with Crippen molar-refractivity contribution in [1.29, 1.82) is 0 Å². The number of amides is 2. The van der Waals surface area contributed by atoms with Crippen LogP contribution in [-0.2, 0) is 20.9 Å². The Labute approximate surface area is 207 Å². The van der Waals surface area contributed by atoms with Gasteiger partial charge in [-0.2, -0.15) is 0 Å². The number of fused-ring (bicyclic) bond motifs is 1. The molecular weight excluding hydrogens is 472 g/mol. The molecule has 2 aromatic carbocycles. The fraction of sp³-hybridized carbons (Fsp3) is 0.240. The van der Waals surface area contributed by atoms with Crippen LogP contribution in [0.5, 0.6) is 0 Å². The molecule has 3 heterocycles. The quantitative estimate of drug-likeness (QED) is 0.408. The van der Waals surface area contributed by atoms with E-state index < -0.39 is 0 Å². The third kappa shape index (κ3) is 4.09. The van der Waals surface area contributed by atoms with E-state index in [1.54, 1.807) is 36.2 Å². The van der Waals surface area contributed by atoms with Crippen LogP contribution in [0.15, 0.2) is 60.4 Å². The number of aromatic nitrogens is 1. The number of morpholine rings is 1. The number of carbonyl (C=O) groups is 2. The smallest absolute Gasteiger partial charge is 0.281 e. The molecule has 2 aliphatic heterocycles. The molecule has 2 amide bonds. The standard InChI is InChI=1S/C25H23ClN4O3S/c1-27-22(24(32)30(25(27)34)19-8-6-18(26)7-9-19)14-17-15-29(21-5-3-2-4-20(17)21)16-23(31)28-10-12-33-13-11-28/h2-9,14-15H,10-13,16H2,1H3/b22-14-. The summed E-state index contributed by atoms with van der Waals surface area (Å²) in [5.74, 6) is -0.163. The van der Waals surface area contributed by atoms with Crippen molar-refractivity contribution < 1.29 is 14.3 Å². The molecule has 0 spiro atoms. The van der Waals surface area contributed by atoms with Gasteiger partial charge >= 0.3 is 0 Å². The second-order valence-corrected chi connectivity index (χ2v) is 9.01.